The molecule has 1 aliphatic rings. The summed E-state index contributed by atoms with van der Waals surface area (Å²) >= 11 is 1.78. The highest BCUT2D eigenvalue weighted by Crippen LogP contribution is 2.54. The van der Waals surface area contributed by atoms with Crippen LogP contribution >= 0.6 is 11.8 Å². The molecule has 0 saturated heterocycles. The Kier molecular flexibility index (Phi) is 5.79. The van der Waals surface area contributed by atoms with Gasteiger partial charge in [0.2, 0.25) is 0 Å². The van der Waals surface area contributed by atoms with Crippen LogP contribution in [0, 0.1) is 0 Å². The molecule has 5 nitrogen and oxygen atoms in total. The van der Waals surface area contributed by atoms with Gasteiger partial charge in [0.15, 0.2) is 0 Å². The van der Waals surface area contributed by atoms with Gasteiger partial charge in [-0.1, -0.05) is 48.2 Å². The van der Waals surface area contributed by atoms with Gasteiger partial charge in [0, 0.05) is 39.4 Å². The van der Waals surface area contributed by atoms with Crippen molar-refractivity contribution in [2.45, 2.75) is 9.79 Å². The fraction of sp³-hybridized carbons (Fsp3) is 0.0667. The molecule has 6 heteroatoms. The van der Waals surface area contributed by atoms with Crippen molar-refractivity contribution >= 4 is 28.8 Å². The van der Waals surface area contributed by atoms with Gasteiger partial charge in [-0.05, 0) is 48.5 Å². The second-order valence-electron chi connectivity index (χ2n) is 8.24. The number of fused-ring (bicyclic) bond motifs is 2. The lowest BCUT2D eigenvalue weighted by molar-refractivity contribution is 0.405. The third-order valence-electron chi connectivity index (χ3n) is 6.18. The fourth-order valence-electron chi connectivity index (χ4n) is 4.47. The Morgan fingerprint density at radius 2 is 1.31 bits per heavy atom. The number of hydrogen-bond acceptors (Lipinski definition) is 6. The predicted octanol–water partition coefficient (Wildman–Crippen LogP) is 7.76. The van der Waals surface area contributed by atoms with Crippen molar-refractivity contribution < 1.29 is 9.47 Å². The highest BCUT2D eigenvalue weighted by Gasteiger charge is 2.27. The van der Waals surface area contributed by atoms with Crippen LogP contribution in [-0.4, -0.2) is 24.2 Å². The van der Waals surface area contributed by atoms with Gasteiger partial charge in [-0.15, -0.1) is 0 Å². The Morgan fingerprint density at radius 3 is 1.92 bits per heavy atom. The van der Waals surface area contributed by atoms with Gasteiger partial charge >= 0.3 is 0 Å². The van der Waals surface area contributed by atoms with Crippen molar-refractivity contribution in [3.8, 4) is 34.0 Å². The number of rotatable bonds is 5. The lowest BCUT2D eigenvalue weighted by Crippen LogP contribution is -2.15. The predicted molar refractivity (Wildman–Crippen MR) is 145 cm³/mol. The quantitative estimate of drug-likeness (QED) is 0.247. The molecule has 0 N–H and O–H groups in total. The number of methoxy groups -OCH3 is 2. The normalized spacial score (nSPS) is 12.0. The number of hydrogen-bond donors (Lipinski definition) is 0. The summed E-state index contributed by atoms with van der Waals surface area (Å²) in [6.07, 6.45) is 3.62. The second-order valence-corrected chi connectivity index (χ2v) is 9.33. The van der Waals surface area contributed by atoms with E-state index in [0.717, 1.165) is 51.1 Å². The standard InChI is InChI=1S/C30H23N3O2S/c1-34-27-18-26(33-24-10-3-5-12-29(24)36-30-13-6-4-11-25(30)33)28(35-2)17-21(27)20-14-15-23(32-19-20)22-9-7-8-16-31-22/h3-19H,1-2H3. The first-order chi connectivity index (χ1) is 17.8. The minimum absolute atomic E-state index is 0.742. The zero-order valence-electron chi connectivity index (χ0n) is 19.9. The van der Waals surface area contributed by atoms with Crippen LogP contribution < -0.4 is 14.4 Å². The first-order valence-electron chi connectivity index (χ1n) is 11.6. The highest BCUT2D eigenvalue weighted by atomic mass is 32.2. The van der Waals surface area contributed by atoms with Gasteiger partial charge in [-0.25, -0.2) is 0 Å². The summed E-state index contributed by atoms with van der Waals surface area (Å²) in [7, 11) is 3.40. The molecule has 0 atom stereocenters. The van der Waals surface area contributed by atoms with E-state index < -0.39 is 0 Å². The Labute approximate surface area is 214 Å². The van der Waals surface area contributed by atoms with Gasteiger partial charge in [-0.3, -0.25) is 9.97 Å². The number of aromatic nitrogens is 2. The van der Waals surface area contributed by atoms with Crippen LogP contribution in [0.5, 0.6) is 11.5 Å². The lowest BCUT2D eigenvalue weighted by atomic mass is 10.0. The molecule has 3 heterocycles. The number of ether oxygens (including phenoxy) is 2. The minimum Gasteiger partial charge on any atom is -0.496 e. The van der Waals surface area contributed by atoms with Crippen LogP contribution in [0.2, 0.25) is 0 Å². The van der Waals surface area contributed by atoms with Crippen molar-refractivity contribution in [1.82, 2.24) is 9.97 Å². The van der Waals surface area contributed by atoms with Crippen molar-refractivity contribution in [3.63, 3.8) is 0 Å². The molecule has 0 radical (unpaired) electrons. The molecule has 0 saturated carbocycles. The smallest absolute Gasteiger partial charge is 0.143 e. The molecule has 0 amide bonds. The topological polar surface area (TPSA) is 47.5 Å². The molecule has 0 spiro atoms. The van der Waals surface area contributed by atoms with Crippen LogP contribution in [0.1, 0.15) is 0 Å². The monoisotopic (exact) mass is 489 g/mol. The van der Waals surface area contributed by atoms with Gasteiger partial charge in [0.25, 0.3) is 0 Å². The average Bonchev–Trinajstić information content (AvgIpc) is 2.96. The number of nitrogens with zero attached hydrogens (tertiary/aromatic N) is 3. The first kappa shape index (κ1) is 22.2. The summed E-state index contributed by atoms with van der Waals surface area (Å²) in [6, 6.07) is 30.7. The van der Waals surface area contributed by atoms with Crippen LogP contribution in [-0.2, 0) is 0 Å². The van der Waals surface area contributed by atoms with E-state index in [9.17, 15) is 0 Å². The summed E-state index contributed by atoms with van der Waals surface area (Å²) in [4.78, 5) is 13.7. The number of benzene rings is 3. The first-order valence-corrected chi connectivity index (χ1v) is 12.4. The number of anilines is 3. The Bertz CT molecular complexity index is 1490. The van der Waals surface area contributed by atoms with E-state index in [1.165, 1.54) is 9.79 Å². The molecule has 2 aromatic heterocycles. The van der Waals surface area contributed by atoms with E-state index in [-0.39, 0.29) is 0 Å². The molecule has 0 bridgehead atoms. The Morgan fingerprint density at radius 1 is 0.639 bits per heavy atom. The maximum absolute atomic E-state index is 5.95. The molecule has 36 heavy (non-hydrogen) atoms. The Balaban J connectivity index is 1.48. The maximum atomic E-state index is 5.95. The van der Waals surface area contributed by atoms with E-state index in [1.807, 2.05) is 48.7 Å². The van der Waals surface area contributed by atoms with E-state index in [2.05, 4.69) is 63.4 Å². The van der Waals surface area contributed by atoms with E-state index in [1.54, 1.807) is 32.2 Å². The molecule has 6 rings (SSSR count). The molecular weight excluding hydrogens is 466 g/mol. The molecule has 0 fully saturated rings. The van der Waals surface area contributed by atoms with Gasteiger partial charge in [0.05, 0.1) is 42.7 Å². The summed E-state index contributed by atoms with van der Waals surface area (Å²) in [5.41, 5.74) is 6.63. The third kappa shape index (κ3) is 3.85. The largest absolute Gasteiger partial charge is 0.496 e. The van der Waals surface area contributed by atoms with Gasteiger partial charge in [-0.2, -0.15) is 0 Å². The van der Waals surface area contributed by atoms with E-state index >= 15 is 0 Å². The van der Waals surface area contributed by atoms with Crippen LogP contribution in [0.3, 0.4) is 0 Å². The zero-order valence-corrected chi connectivity index (χ0v) is 20.7. The van der Waals surface area contributed by atoms with Gasteiger partial charge < -0.3 is 14.4 Å². The molecule has 5 aromatic rings. The number of pyridine rings is 2. The van der Waals surface area contributed by atoms with Crippen molar-refractivity contribution in [2.24, 2.45) is 0 Å². The molecular formula is C30H23N3O2S. The molecule has 0 unspecified atom stereocenters. The van der Waals surface area contributed by atoms with Crippen molar-refractivity contribution in [2.75, 3.05) is 19.1 Å². The molecule has 176 valence electrons. The summed E-state index contributed by atoms with van der Waals surface area (Å²) in [5.74, 6) is 1.49. The van der Waals surface area contributed by atoms with E-state index in [0.29, 0.717) is 0 Å². The molecule has 0 aliphatic carbocycles. The second kappa shape index (κ2) is 9.40. The van der Waals surface area contributed by atoms with Crippen molar-refractivity contribution in [1.29, 1.82) is 0 Å². The zero-order chi connectivity index (χ0) is 24.5. The van der Waals surface area contributed by atoms with Crippen LogP contribution in [0.25, 0.3) is 22.5 Å². The average molecular weight is 490 g/mol. The lowest BCUT2D eigenvalue weighted by Gasteiger charge is -2.34. The highest BCUT2D eigenvalue weighted by molar-refractivity contribution is 7.99. The maximum Gasteiger partial charge on any atom is 0.143 e. The summed E-state index contributed by atoms with van der Waals surface area (Å²) in [6.45, 7) is 0. The Hall–Kier alpha value is -4.29. The van der Waals surface area contributed by atoms with E-state index in [4.69, 9.17) is 9.47 Å². The summed E-state index contributed by atoms with van der Waals surface area (Å²) in [5, 5.41) is 0. The molecule has 3 aromatic carbocycles. The fourth-order valence-corrected chi connectivity index (χ4v) is 5.52. The molecule has 1 aliphatic heterocycles. The SMILES string of the molecule is COc1cc(N2c3ccccc3Sc3ccccc32)c(OC)cc1-c1ccc(-c2ccccn2)nc1. The van der Waals surface area contributed by atoms with Crippen molar-refractivity contribution in [3.05, 3.63) is 103 Å². The summed E-state index contributed by atoms with van der Waals surface area (Å²) < 4.78 is 11.8. The van der Waals surface area contributed by atoms with Gasteiger partial charge in [0.1, 0.15) is 11.5 Å². The third-order valence-corrected chi connectivity index (χ3v) is 7.31. The number of para-hydroxylation sites is 2. The van der Waals surface area contributed by atoms with Crippen LogP contribution in [0.15, 0.2) is 113 Å². The minimum atomic E-state index is 0.742. The van der Waals surface area contributed by atoms with Crippen LogP contribution in [0.4, 0.5) is 17.1 Å².